The van der Waals surface area contributed by atoms with Crippen LogP contribution in [0.15, 0.2) is 42.2 Å². The van der Waals surface area contributed by atoms with Gasteiger partial charge in [0.05, 0.1) is 6.61 Å². The van der Waals surface area contributed by atoms with Gasteiger partial charge < -0.3 is 14.2 Å². The zero-order valence-corrected chi connectivity index (χ0v) is 9.10. The van der Waals surface area contributed by atoms with Gasteiger partial charge in [0.2, 0.25) is 0 Å². The van der Waals surface area contributed by atoms with Crippen molar-refractivity contribution >= 4 is 0 Å². The molecule has 1 rings (SSSR count). The number of para-hydroxylation sites is 1. The van der Waals surface area contributed by atoms with E-state index >= 15 is 0 Å². The molecule has 1 aromatic carbocycles. The molecule has 0 aliphatic rings. The summed E-state index contributed by atoms with van der Waals surface area (Å²) >= 11 is 0. The van der Waals surface area contributed by atoms with Crippen LogP contribution in [-0.4, -0.2) is 27.4 Å². The minimum absolute atomic E-state index is 0.443. The van der Waals surface area contributed by atoms with E-state index in [1.165, 1.54) is 0 Å². The second-order valence-corrected chi connectivity index (χ2v) is 2.97. The maximum atomic E-state index is 5.61. The Morgan fingerprint density at radius 3 is 2.47 bits per heavy atom. The molecule has 0 aliphatic carbocycles. The smallest absolute Gasteiger partial charge is 0.128 e. The fourth-order valence-electron chi connectivity index (χ4n) is 1.09. The third-order valence-corrected chi connectivity index (χ3v) is 1.76. The van der Waals surface area contributed by atoms with Crippen LogP contribution in [0.5, 0.6) is 5.75 Å². The quantitative estimate of drug-likeness (QED) is 0.671. The van der Waals surface area contributed by atoms with Crippen LogP contribution in [0.4, 0.5) is 0 Å². The van der Waals surface area contributed by atoms with Crippen molar-refractivity contribution in [3.8, 4) is 5.75 Å². The molecule has 0 saturated carbocycles. The highest BCUT2D eigenvalue weighted by molar-refractivity contribution is 5.23. The Morgan fingerprint density at radius 2 is 1.87 bits per heavy atom. The molecule has 0 heterocycles. The lowest BCUT2D eigenvalue weighted by Gasteiger charge is -2.09. The first-order valence-corrected chi connectivity index (χ1v) is 4.76. The van der Waals surface area contributed by atoms with Gasteiger partial charge in [0.1, 0.15) is 18.1 Å². The van der Waals surface area contributed by atoms with Gasteiger partial charge in [-0.3, -0.25) is 0 Å². The van der Waals surface area contributed by atoms with Crippen molar-refractivity contribution in [1.82, 2.24) is 0 Å². The van der Waals surface area contributed by atoms with Gasteiger partial charge in [-0.15, -0.1) is 0 Å². The molecular formula is C12H16O3. The van der Waals surface area contributed by atoms with Gasteiger partial charge in [0.15, 0.2) is 0 Å². The first-order valence-electron chi connectivity index (χ1n) is 4.76. The van der Waals surface area contributed by atoms with E-state index in [2.05, 4.69) is 0 Å². The van der Waals surface area contributed by atoms with Gasteiger partial charge in [0, 0.05) is 14.2 Å². The standard InChI is InChI=1S/C12H16O3/c1-13-9-8-12(10-14-2)15-11-6-4-3-5-7-11/h3-8H,9-10H2,1-2H3/b12-8+. The molecule has 0 unspecified atom stereocenters. The zero-order valence-electron chi connectivity index (χ0n) is 9.10. The summed E-state index contributed by atoms with van der Waals surface area (Å²) in [5.74, 6) is 1.56. The van der Waals surface area contributed by atoms with Gasteiger partial charge in [0.25, 0.3) is 0 Å². The summed E-state index contributed by atoms with van der Waals surface area (Å²) in [6, 6.07) is 9.60. The monoisotopic (exact) mass is 208 g/mol. The molecule has 3 nitrogen and oxygen atoms in total. The van der Waals surface area contributed by atoms with E-state index in [0.717, 1.165) is 11.5 Å². The molecule has 0 N–H and O–H groups in total. The summed E-state index contributed by atoms with van der Waals surface area (Å²) in [5, 5.41) is 0. The van der Waals surface area contributed by atoms with Crippen molar-refractivity contribution in [2.75, 3.05) is 27.4 Å². The highest BCUT2D eigenvalue weighted by Crippen LogP contribution is 2.12. The second kappa shape index (κ2) is 7.04. The lowest BCUT2D eigenvalue weighted by molar-refractivity contribution is 0.182. The number of methoxy groups -OCH3 is 2. The van der Waals surface area contributed by atoms with E-state index in [1.807, 2.05) is 36.4 Å². The Bertz CT molecular complexity index is 293. The van der Waals surface area contributed by atoms with Crippen molar-refractivity contribution in [3.63, 3.8) is 0 Å². The molecule has 15 heavy (non-hydrogen) atoms. The topological polar surface area (TPSA) is 27.7 Å². The summed E-state index contributed by atoms with van der Waals surface area (Å²) in [6.45, 7) is 0.962. The number of benzene rings is 1. The molecule has 0 radical (unpaired) electrons. The maximum Gasteiger partial charge on any atom is 0.128 e. The van der Waals surface area contributed by atoms with Crippen LogP contribution in [0, 0.1) is 0 Å². The van der Waals surface area contributed by atoms with E-state index in [0.29, 0.717) is 13.2 Å². The Kier molecular flexibility index (Phi) is 5.51. The predicted octanol–water partition coefficient (Wildman–Crippen LogP) is 2.24. The van der Waals surface area contributed by atoms with Gasteiger partial charge >= 0.3 is 0 Å². The van der Waals surface area contributed by atoms with E-state index < -0.39 is 0 Å². The van der Waals surface area contributed by atoms with Crippen molar-refractivity contribution in [1.29, 1.82) is 0 Å². The first kappa shape index (κ1) is 11.8. The highest BCUT2D eigenvalue weighted by Gasteiger charge is 1.99. The largest absolute Gasteiger partial charge is 0.460 e. The summed E-state index contributed by atoms with van der Waals surface area (Å²) < 4.78 is 15.6. The van der Waals surface area contributed by atoms with Gasteiger partial charge in [-0.05, 0) is 18.2 Å². The molecular weight excluding hydrogens is 192 g/mol. The van der Waals surface area contributed by atoms with E-state index in [1.54, 1.807) is 14.2 Å². The molecule has 82 valence electrons. The van der Waals surface area contributed by atoms with E-state index in [4.69, 9.17) is 14.2 Å². The summed E-state index contributed by atoms with van der Waals surface area (Å²) in [6.07, 6.45) is 1.86. The minimum atomic E-state index is 0.443. The number of rotatable bonds is 6. The summed E-state index contributed by atoms with van der Waals surface area (Å²) in [5.41, 5.74) is 0. The Morgan fingerprint density at radius 1 is 1.13 bits per heavy atom. The number of hydrogen-bond donors (Lipinski definition) is 0. The fraction of sp³-hybridized carbons (Fsp3) is 0.333. The lowest BCUT2D eigenvalue weighted by Crippen LogP contribution is -2.04. The van der Waals surface area contributed by atoms with Crippen LogP contribution in [0.1, 0.15) is 0 Å². The zero-order chi connectivity index (χ0) is 10.9. The van der Waals surface area contributed by atoms with Gasteiger partial charge in [-0.25, -0.2) is 0 Å². The average molecular weight is 208 g/mol. The number of hydrogen-bond acceptors (Lipinski definition) is 3. The highest BCUT2D eigenvalue weighted by atomic mass is 16.5. The van der Waals surface area contributed by atoms with Crippen molar-refractivity contribution in [3.05, 3.63) is 42.2 Å². The normalized spacial score (nSPS) is 11.5. The van der Waals surface area contributed by atoms with Crippen LogP contribution >= 0.6 is 0 Å². The molecule has 0 fully saturated rings. The predicted molar refractivity (Wildman–Crippen MR) is 58.9 cm³/mol. The average Bonchev–Trinajstić information content (AvgIpc) is 2.28. The molecule has 0 bridgehead atoms. The molecule has 0 aliphatic heterocycles. The van der Waals surface area contributed by atoms with Gasteiger partial charge in [-0.2, -0.15) is 0 Å². The van der Waals surface area contributed by atoms with E-state index in [-0.39, 0.29) is 0 Å². The Hall–Kier alpha value is -1.32. The second-order valence-electron chi connectivity index (χ2n) is 2.97. The maximum absolute atomic E-state index is 5.61. The minimum Gasteiger partial charge on any atom is -0.460 e. The lowest BCUT2D eigenvalue weighted by atomic mass is 10.3. The van der Waals surface area contributed by atoms with Crippen LogP contribution in [0.2, 0.25) is 0 Å². The first-order chi connectivity index (χ1) is 7.36. The molecule has 0 spiro atoms. The Labute approximate surface area is 90.3 Å². The molecule has 3 heteroatoms. The van der Waals surface area contributed by atoms with Crippen LogP contribution in [-0.2, 0) is 9.47 Å². The van der Waals surface area contributed by atoms with Crippen molar-refractivity contribution < 1.29 is 14.2 Å². The molecule has 1 aromatic rings. The van der Waals surface area contributed by atoms with E-state index in [9.17, 15) is 0 Å². The van der Waals surface area contributed by atoms with Crippen LogP contribution in [0.25, 0.3) is 0 Å². The Balaban J connectivity index is 2.58. The SMILES string of the molecule is COC/C=C(\COC)Oc1ccccc1. The third kappa shape index (κ3) is 4.63. The molecule has 0 amide bonds. The molecule has 0 atom stereocenters. The molecule has 0 aromatic heterocycles. The third-order valence-electron chi connectivity index (χ3n) is 1.76. The van der Waals surface area contributed by atoms with Crippen LogP contribution < -0.4 is 4.74 Å². The number of ether oxygens (including phenoxy) is 3. The van der Waals surface area contributed by atoms with Crippen LogP contribution in [0.3, 0.4) is 0 Å². The van der Waals surface area contributed by atoms with Crippen molar-refractivity contribution in [2.45, 2.75) is 0 Å². The summed E-state index contributed by atoms with van der Waals surface area (Å²) in [4.78, 5) is 0. The van der Waals surface area contributed by atoms with Crippen molar-refractivity contribution in [2.24, 2.45) is 0 Å². The molecule has 0 saturated heterocycles. The van der Waals surface area contributed by atoms with Gasteiger partial charge in [-0.1, -0.05) is 18.2 Å². The fourth-order valence-corrected chi connectivity index (χ4v) is 1.09. The summed E-state index contributed by atoms with van der Waals surface area (Å²) in [7, 11) is 3.28.